The summed E-state index contributed by atoms with van der Waals surface area (Å²) in [7, 11) is 0. The van der Waals surface area contributed by atoms with Gasteiger partial charge in [0.15, 0.2) is 0 Å². The van der Waals surface area contributed by atoms with Crippen molar-refractivity contribution in [2.24, 2.45) is 0 Å². The number of aromatic nitrogens is 1. The van der Waals surface area contributed by atoms with E-state index < -0.39 is 0 Å². The molecule has 0 radical (unpaired) electrons. The Kier molecular flexibility index (Phi) is 3.42. The molecular weight excluding hydrogens is 270 g/mol. The second-order valence-electron chi connectivity index (χ2n) is 3.71. The first-order valence-electron chi connectivity index (χ1n) is 5.22. The Morgan fingerprint density at radius 2 is 2.13 bits per heavy atom. The van der Waals surface area contributed by atoms with E-state index in [-0.39, 0.29) is 0 Å². The lowest BCUT2D eigenvalue weighted by Gasteiger charge is -2.13. The zero-order valence-electron chi connectivity index (χ0n) is 8.90. The third-order valence-electron chi connectivity index (χ3n) is 2.62. The lowest BCUT2D eigenvalue weighted by atomic mass is 10.1. The first-order valence-corrected chi connectivity index (χ1v) is 6.95. The Morgan fingerprint density at radius 3 is 2.73 bits per heavy atom. The number of halogens is 1. The highest BCUT2D eigenvalue weighted by Crippen LogP contribution is 2.33. The van der Waals surface area contributed by atoms with E-state index in [1.807, 2.05) is 17.4 Å². The van der Waals surface area contributed by atoms with E-state index in [0.29, 0.717) is 10.7 Å². The van der Waals surface area contributed by atoms with Crippen LogP contribution in [0.25, 0.3) is 10.2 Å². The molecule has 80 valence electrons. The Labute approximate surface area is 103 Å². The van der Waals surface area contributed by atoms with E-state index in [2.05, 4.69) is 48.0 Å². The van der Waals surface area contributed by atoms with Gasteiger partial charge in [-0.25, -0.2) is 4.98 Å². The number of para-hydroxylation sites is 1. The minimum Gasteiger partial charge on any atom is -0.241 e. The monoisotopic (exact) mass is 283 g/mol. The summed E-state index contributed by atoms with van der Waals surface area (Å²) in [6.45, 7) is 4.41. The number of nitrogens with zero attached hydrogens (tertiary/aromatic N) is 1. The van der Waals surface area contributed by atoms with Gasteiger partial charge >= 0.3 is 0 Å². The topological polar surface area (TPSA) is 12.9 Å². The molecule has 0 aliphatic heterocycles. The predicted molar refractivity (Wildman–Crippen MR) is 71.0 cm³/mol. The van der Waals surface area contributed by atoms with Gasteiger partial charge in [0.25, 0.3) is 0 Å². The van der Waals surface area contributed by atoms with Gasteiger partial charge < -0.3 is 0 Å². The molecule has 15 heavy (non-hydrogen) atoms. The van der Waals surface area contributed by atoms with E-state index in [4.69, 9.17) is 4.98 Å². The van der Waals surface area contributed by atoms with Crippen LogP contribution >= 0.6 is 27.3 Å². The van der Waals surface area contributed by atoms with Crippen molar-refractivity contribution >= 4 is 37.5 Å². The van der Waals surface area contributed by atoms with Crippen molar-refractivity contribution in [1.29, 1.82) is 0 Å². The number of benzene rings is 1. The number of alkyl halides is 1. The highest BCUT2D eigenvalue weighted by Gasteiger charge is 2.18. The van der Waals surface area contributed by atoms with Crippen LogP contribution in [0.3, 0.4) is 0 Å². The van der Waals surface area contributed by atoms with Gasteiger partial charge in [-0.15, -0.1) is 11.3 Å². The average molecular weight is 284 g/mol. The van der Waals surface area contributed by atoms with Crippen molar-refractivity contribution in [2.75, 3.05) is 0 Å². The molecule has 3 heteroatoms. The molecule has 1 heterocycles. The molecule has 0 fully saturated rings. The van der Waals surface area contributed by atoms with Gasteiger partial charge in [0.1, 0.15) is 0 Å². The maximum Gasteiger partial charge on any atom is 0.0980 e. The van der Waals surface area contributed by atoms with E-state index in [1.165, 1.54) is 9.71 Å². The van der Waals surface area contributed by atoms with E-state index in [0.717, 1.165) is 11.9 Å². The van der Waals surface area contributed by atoms with Gasteiger partial charge in [0.2, 0.25) is 0 Å². The second kappa shape index (κ2) is 4.62. The van der Waals surface area contributed by atoms with Crippen molar-refractivity contribution in [3.05, 3.63) is 29.3 Å². The molecule has 2 aromatic rings. The number of hydrogen-bond acceptors (Lipinski definition) is 2. The molecule has 0 N–H and O–H groups in total. The first-order chi connectivity index (χ1) is 7.22. The second-order valence-corrected chi connectivity index (χ2v) is 6.22. The summed E-state index contributed by atoms with van der Waals surface area (Å²) in [5.74, 6) is 0.530. The fourth-order valence-electron chi connectivity index (χ4n) is 1.74. The number of rotatable bonds is 3. The Hall–Kier alpha value is -0.410. The maximum absolute atomic E-state index is 4.69. The highest BCUT2D eigenvalue weighted by molar-refractivity contribution is 9.09. The molecule has 1 nitrogen and oxygen atoms in total. The summed E-state index contributed by atoms with van der Waals surface area (Å²) in [6, 6.07) is 8.34. The minimum atomic E-state index is 0.489. The summed E-state index contributed by atoms with van der Waals surface area (Å²) in [5, 5.41) is 1.25. The SMILES string of the molecule is CCC(c1nc2ccccc2s1)C(C)Br. The largest absolute Gasteiger partial charge is 0.241 e. The van der Waals surface area contributed by atoms with Gasteiger partial charge in [-0.3, -0.25) is 0 Å². The molecule has 0 aliphatic rings. The fourth-order valence-corrected chi connectivity index (χ4v) is 3.80. The first kappa shape index (κ1) is 11.1. The summed E-state index contributed by atoms with van der Waals surface area (Å²) < 4.78 is 1.29. The van der Waals surface area contributed by atoms with Gasteiger partial charge in [-0.1, -0.05) is 41.9 Å². The van der Waals surface area contributed by atoms with Crippen LogP contribution in [-0.2, 0) is 0 Å². The summed E-state index contributed by atoms with van der Waals surface area (Å²) >= 11 is 5.48. The molecule has 2 unspecified atom stereocenters. The highest BCUT2D eigenvalue weighted by atomic mass is 79.9. The molecule has 0 saturated carbocycles. The number of hydrogen-bond donors (Lipinski definition) is 0. The summed E-state index contributed by atoms with van der Waals surface area (Å²) in [4.78, 5) is 5.18. The molecule has 0 bridgehead atoms. The maximum atomic E-state index is 4.69. The molecule has 2 rings (SSSR count). The minimum absolute atomic E-state index is 0.489. The molecule has 0 aliphatic carbocycles. The van der Waals surface area contributed by atoms with E-state index in [1.54, 1.807) is 0 Å². The van der Waals surface area contributed by atoms with Crippen LogP contribution in [0.2, 0.25) is 0 Å². The van der Waals surface area contributed by atoms with Crippen LogP contribution in [0.4, 0.5) is 0 Å². The predicted octanol–water partition coefficient (Wildman–Crippen LogP) is 4.57. The van der Waals surface area contributed by atoms with Crippen LogP contribution in [0.5, 0.6) is 0 Å². The van der Waals surface area contributed by atoms with Crippen LogP contribution in [0, 0.1) is 0 Å². The molecule has 0 saturated heterocycles. The average Bonchev–Trinajstić information content (AvgIpc) is 2.61. The van der Waals surface area contributed by atoms with Crippen LogP contribution in [-0.4, -0.2) is 9.81 Å². The standard InChI is InChI=1S/C12H14BrNS/c1-3-9(8(2)13)12-14-10-6-4-5-7-11(10)15-12/h4-9H,3H2,1-2H3. The van der Waals surface area contributed by atoms with Crippen molar-refractivity contribution in [3.63, 3.8) is 0 Å². The van der Waals surface area contributed by atoms with Crippen molar-refractivity contribution in [1.82, 2.24) is 4.98 Å². The zero-order chi connectivity index (χ0) is 10.8. The zero-order valence-corrected chi connectivity index (χ0v) is 11.3. The molecule has 0 spiro atoms. The lowest BCUT2D eigenvalue weighted by molar-refractivity contribution is 0.660. The van der Waals surface area contributed by atoms with Crippen LogP contribution in [0.15, 0.2) is 24.3 Å². The molecular formula is C12H14BrNS. The summed E-state index contributed by atoms with van der Waals surface area (Å²) in [5.41, 5.74) is 1.13. The van der Waals surface area contributed by atoms with Gasteiger partial charge in [-0.05, 0) is 18.6 Å². The number of fused-ring (bicyclic) bond motifs is 1. The van der Waals surface area contributed by atoms with E-state index in [9.17, 15) is 0 Å². The Bertz CT molecular complexity index is 417. The quantitative estimate of drug-likeness (QED) is 0.752. The molecule has 1 aromatic heterocycles. The number of thiazole rings is 1. The normalized spacial score (nSPS) is 15.4. The molecule has 2 atom stereocenters. The van der Waals surface area contributed by atoms with Crippen LogP contribution in [0.1, 0.15) is 31.2 Å². The third-order valence-corrected chi connectivity index (χ3v) is 4.43. The molecule has 0 amide bonds. The Morgan fingerprint density at radius 1 is 1.40 bits per heavy atom. The van der Waals surface area contributed by atoms with E-state index >= 15 is 0 Å². The van der Waals surface area contributed by atoms with Crippen LogP contribution < -0.4 is 0 Å². The van der Waals surface area contributed by atoms with Crippen molar-refractivity contribution in [2.45, 2.75) is 31.0 Å². The fraction of sp³-hybridized carbons (Fsp3) is 0.417. The smallest absolute Gasteiger partial charge is 0.0980 e. The summed E-state index contributed by atoms with van der Waals surface area (Å²) in [6.07, 6.45) is 1.13. The lowest BCUT2D eigenvalue weighted by Crippen LogP contribution is -2.06. The van der Waals surface area contributed by atoms with Gasteiger partial charge in [0, 0.05) is 10.7 Å². The molecule has 1 aromatic carbocycles. The Balaban J connectivity index is 2.43. The van der Waals surface area contributed by atoms with Crippen molar-refractivity contribution < 1.29 is 0 Å². The van der Waals surface area contributed by atoms with Gasteiger partial charge in [-0.2, -0.15) is 0 Å². The third kappa shape index (κ3) is 2.23. The van der Waals surface area contributed by atoms with Gasteiger partial charge in [0.05, 0.1) is 15.2 Å². The van der Waals surface area contributed by atoms with Crippen molar-refractivity contribution in [3.8, 4) is 0 Å².